The maximum atomic E-state index is 12.4. The van der Waals surface area contributed by atoms with Crippen molar-refractivity contribution in [1.29, 1.82) is 0 Å². The van der Waals surface area contributed by atoms with Crippen LogP contribution >= 0.6 is 0 Å². The van der Waals surface area contributed by atoms with E-state index in [4.69, 9.17) is 15.2 Å². The molecular weight excluding hydrogens is 346 g/mol. The van der Waals surface area contributed by atoms with Crippen molar-refractivity contribution in [3.05, 3.63) is 34.9 Å². The van der Waals surface area contributed by atoms with Crippen molar-refractivity contribution in [2.24, 2.45) is 0 Å². The number of rotatable bonds is 2. The molecule has 1 aromatic heterocycles. The number of hydrogen-bond donors (Lipinski definition) is 2. The van der Waals surface area contributed by atoms with E-state index in [0.717, 1.165) is 23.3 Å². The van der Waals surface area contributed by atoms with Crippen molar-refractivity contribution in [3.8, 4) is 5.75 Å². The first-order valence-corrected chi connectivity index (χ1v) is 9.24. The predicted molar refractivity (Wildman–Crippen MR) is 100 cm³/mol. The van der Waals surface area contributed by atoms with Gasteiger partial charge >= 0.3 is 0 Å². The summed E-state index contributed by atoms with van der Waals surface area (Å²) in [5.41, 5.74) is 9.36. The van der Waals surface area contributed by atoms with Gasteiger partial charge in [-0.15, -0.1) is 0 Å². The van der Waals surface area contributed by atoms with E-state index >= 15 is 0 Å². The maximum Gasteiger partial charge on any atom is 0.229 e. The normalized spacial score (nSPS) is 21.3. The molecule has 0 aliphatic carbocycles. The van der Waals surface area contributed by atoms with E-state index in [1.54, 1.807) is 0 Å². The van der Waals surface area contributed by atoms with Gasteiger partial charge in [0.05, 0.1) is 19.8 Å². The van der Waals surface area contributed by atoms with E-state index in [2.05, 4.69) is 21.4 Å². The van der Waals surface area contributed by atoms with Crippen molar-refractivity contribution >= 4 is 23.5 Å². The third-order valence-electron chi connectivity index (χ3n) is 5.37. The standard InChI is InChI=1S/C19H21N5O3/c20-17-16-13(11-1-2-14-12(9-11)3-6-27-14)10-15(25)21-18(16)23-19(22-17)24-4-7-26-8-5-24/h1-2,9,13H,3-8,10H2,(H3,20,21,22,23,25). The summed E-state index contributed by atoms with van der Waals surface area (Å²) in [6.45, 7) is 3.38. The third-order valence-corrected chi connectivity index (χ3v) is 5.37. The number of carbonyl (C=O) groups excluding carboxylic acids is 1. The topological polar surface area (TPSA) is 103 Å². The number of carbonyl (C=O) groups is 1. The molecule has 0 saturated carbocycles. The van der Waals surface area contributed by atoms with Gasteiger partial charge < -0.3 is 25.4 Å². The van der Waals surface area contributed by atoms with E-state index in [0.29, 0.717) is 56.9 Å². The van der Waals surface area contributed by atoms with Crippen LogP contribution in [0.4, 0.5) is 17.6 Å². The average Bonchev–Trinajstić information content (AvgIpc) is 3.15. The third kappa shape index (κ3) is 2.86. The summed E-state index contributed by atoms with van der Waals surface area (Å²) in [5, 5.41) is 2.88. The highest BCUT2D eigenvalue weighted by Gasteiger charge is 2.32. The summed E-state index contributed by atoms with van der Waals surface area (Å²) in [6, 6.07) is 6.10. The molecule has 8 nitrogen and oxygen atoms in total. The second-order valence-corrected chi connectivity index (χ2v) is 7.04. The Bertz CT molecular complexity index is 910. The molecule has 4 heterocycles. The molecule has 0 radical (unpaired) electrons. The minimum atomic E-state index is -0.154. The molecule has 27 heavy (non-hydrogen) atoms. The van der Waals surface area contributed by atoms with Crippen LogP contribution in [0.3, 0.4) is 0 Å². The molecule has 3 aliphatic rings. The van der Waals surface area contributed by atoms with Crippen LogP contribution in [0.15, 0.2) is 18.2 Å². The lowest BCUT2D eigenvalue weighted by Crippen LogP contribution is -2.38. The van der Waals surface area contributed by atoms with Crippen LogP contribution < -0.4 is 20.7 Å². The Labute approximate surface area is 156 Å². The number of nitrogens with zero attached hydrogens (tertiary/aromatic N) is 3. The summed E-state index contributed by atoms with van der Waals surface area (Å²) in [5.74, 6) is 2.18. The molecule has 3 aliphatic heterocycles. The fraction of sp³-hybridized carbons (Fsp3) is 0.421. The fourth-order valence-electron chi connectivity index (χ4n) is 4.00. The second-order valence-electron chi connectivity index (χ2n) is 7.04. The molecule has 2 aromatic rings. The smallest absolute Gasteiger partial charge is 0.229 e. The SMILES string of the molecule is Nc1nc(N2CCOCC2)nc2c1C(c1ccc3c(c1)CCO3)CC(=O)N2. The number of nitrogen functional groups attached to an aromatic ring is 1. The molecule has 8 heteroatoms. The molecule has 1 aromatic carbocycles. The van der Waals surface area contributed by atoms with E-state index in [-0.39, 0.29) is 11.8 Å². The van der Waals surface area contributed by atoms with Gasteiger partial charge in [0.1, 0.15) is 17.4 Å². The van der Waals surface area contributed by atoms with Crippen molar-refractivity contribution in [3.63, 3.8) is 0 Å². The summed E-state index contributed by atoms with van der Waals surface area (Å²) >= 11 is 0. The lowest BCUT2D eigenvalue weighted by Gasteiger charge is -2.30. The van der Waals surface area contributed by atoms with Crippen molar-refractivity contribution in [2.75, 3.05) is 48.9 Å². The largest absolute Gasteiger partial charge is 0.493 e. The second kappa shape index (κ2) is 6.38. The monoisotopic (exact) mass is 367 g/mol. The Kier molecular flexibility index (Phi) is 3.86. The molecule has 140 valence electrons. The zero-order valence-electron chi connectivity index (χ0n) is 14.9. The number of nitrogens with one attached hydrogen (secondary N) is 1. The quantitative estimate of drug-likeness (QED) is 0.825. The van der Waals surface area contributed by atoms with Crippen LogP contribution in [0.2, 0.25) is 0 Å². The minimum absolute atomic E-state index is 0.0599. The van der Waals surface area contributed by atoms with Gasteiger partial charge in [-0.3, -0.25) is 4.79 Å². The van der Waals surface area contributed by atoms with Crippen LogP contribution in [-0.2, 0) is 16.0 Å². The number of anilines is 3. The first-order chi connectivity index (χ1) is 13.2. The van der Waals surface area contributed by atoms with Gasteiger partial charge in [0.25, 0.3) is 0 Å². The van der Waals surface area contributed by atoms with Crippen LogP contribution in [0.25, 0.3) is 0 Å². The van der Waals surface area contributed by atoms with Crippen LogP contribution in [0, 0.1) is 0 Å². The Balaban J connectivity index is 1.55. The lowest BCUT2D eigenvalue weighted by molar-refractivity contribution is -0.116. The minimum Gasteiger partial charge on any atom is -0.493 e. The van der Waals surface area contributed by atoms with Gasteiger partial charge in [-0.1, -0.05) is 12.1 Å². The first kappa shape index (κ1) is 16.3. The summed E-state index contributed by atoms with van der Waals surface area (Å²) in [4.78, 5) is 23.6. The number of nitrogens with two attached hydrogens (primary N) is 1. The zero-order valence-corrected chi connectivity index (χ0v) is 14.9. The Morgan fingerprint density at radius 2 is 2.04 bits per heavy atom. The number of aromatic nitrogens is 2. The number of benzene rings is 1. The van der Waals surface area contributed by atoms with Crippen LogP contribution in [-0.4, -0.2) is 48.8 Å². The van der Waals surface area contributed by atoms with Gasteiger partial charge in [0.2, 0.25) is 11.9 Å². The maximum absolute atomic E-state index is 12.4. The number of fused-ring (bicyclic) bond motifs is 2. The molecule has 0 spiro atoms. The molecule has 1 atom stereocenters. The van der Waals surface area contributed by atoms with Crippen molar-refractivity contribution < 1.29 is 14.3 Å². The van der Waals surface area contributed by atoms with Gasteiger partial charge in [0, 0.05) is 37.4 Å². The molecule has 1 saturated heterocycles. The predicted octanol–water partition coefficient (Wildman–Crippen LogP) is 1.30. The van der Waals surface area contributed by atoms with E-state index in [1.807, 2.05) is 17.0 Å². The fourth-order valence-corrected chi connectivity index (χ4v) is 4.00. The van der Waals surface area contributed by atoms with E-state index in [9.17, 15) is 4.79 Å². The van der Waals surface area contributed by atoms with Crippen LogP contribution in [0.5, 0.6) is 5.75 Å². The van der Waals surface area contributed by atoms with Crippen molar-refractivity contribution in [1.82, 2.24) is 9.97 Å². The molecule has 3 N–H and O–H groups in total. The number of amides is 1. The van der Waals surface area contributed by atoms with Crippen molar-refractivity contribution in [2.45, 2.75) is 18.8 Å². The zero-order chi connectivity index (χ0) is 18.4. The number of hydrogen-bond acceptors (Lipinski definition) is 7. The Morgan fingerprint density at radius 1 is 1.19 bits per heavy atom. The summed E-state index contributed by atoms with van der Waals surface area (Å²) < 4.78 is 11.0. The lowest BCUT2D eigenvalue weighted by atomic mass is 9.85. The van der Waals surface area contributed by atoms with Gasteiger partial charge in [0.15, 0.2) is 0 Å². The molecular formula is C19H21N5O3. The number of ether oxygens (including phenoxy) is 2. The van der Waals surface area contributed by atoms with E-state index < -0.39 is 0 Å². The molecule has 1 unspecified atom stereocenters. The summed E-state index contributed by atoms with van der Waals surface area (Å²) in [7, 11) is 0. The highest BCUT2D eigenvalue weighted by atomic mass is 16.5. The van der Waals surface area contributed by atoms with Gasteiger partial charge in [-0.25, -0.2) is 0 Å². The van der Waals surface area contributed by atoms with E-state index in [1.165, 1.54) is 5.56 Å². The van der Waals surface area contributed by atoms with Gasteiger partial charge in [-0.05, 0) is 17.2 Å². The Morgan fingerprint density at radius 3 is 2.89 bits per heavy atom. The molecule has 1 amide bonds. The Hall–Kier alpha value is -2.87. The summed E-state index contributed by atoms with van der Waals surface area (Å²) in [6.07, 6.45) is 1.22. The van der Waals surface area contributed by atoms with Gasteiger partial charge in [-0.2, -0.15) is 9.97 Å². The molecule has 5 rings (SSSR count). The first-order valence-electron chi connectivity index (χ1n) is 9.24. The molecule has 0 bridgehead atoms. The van der Waals surface area contributed by atoms with Crippen LogP contribution in [0.1, 0.15) is 29.0 Å². The molecule has 1 fully saturated rings. The highest BCUT2D eigenvalue weighted by Crippen LogP contribution is 2.41. The number of morpholine rings is 1. The average molecular weight is 367 g/mol. The highest BCUT2D eigenvalue weighted by molar-refractivity contribution is 5.95.